The standard InChI is InChI=1S/C24H24FN5O/c1-28(20-15-13-19(25)14-16-20)23-26-27-24(30(23)3)29(2)21-11-7-8-12-22(21)31-17-18-9-5-4-6-10-18/h4-16H,17H2,1-3H3. The molecule has 0 atom stereocenters. The van der Waals surface area contributed by atoms with Crippen LogP contribution in [-0.4, -0.2) is 28.9 Å². The molecule has 0 saturated carbocycles. The van der Waals surface area contributed by atoms with Crippen LogP contribution < -0.4 is 14.5 Å². The third-order valence-electron chi connectivity index (χ3n) is 5.11. The van der Waals surface area contributed by atoms with Crippen molar-refractivity contribution in [2.45, 2.75) is 6.61 Å². The van der Waals surface area contributed by atoms with Crippen molar-refractivity contribution in [3.05, 3.63) is 90.2 Å². The Morgan fingerprint density at radius 1 is 0.806 bits per heavy atom. The lowest BCUT2D eigenvalue weighted by molar-refractivity contribution is 0.307. The minimum absolute atomic E-state index is 0.275. The molecule has 7 heteroatoms. The van der Waals surface area contributed by atoms with Gasteiger partial charge in [0, 0.05) is 26.8 Å². The third kappa shape index (κ3) is 4.35. The van der Waals surface area contributed by atoms with Crippen molar-refractivity contribution in [2.24, 2.45) is 7.05 Å². The molecule has 0 saturated heterocycles. The van der Waals surface area contributed by atoms with Crippen LogP contribution in [0.3, 0.4) is 0 Å². The zero-order valence-electron chi connectivity index (χ0n) is 17.7. The molecule has 0 N–H and O–H groups in total. The highest BCUT2D eigenvalue weighted by atomic mass is 19.1. The minimum Gasteiger partial charge on any atom is -0.487 e. The minimum atomic E-state index is -0.275. The molecule has 3 aromatic carbocycles. The van der Waals surface area contributed by atoms with Gasteiger partial charge in [0.2, 0.25) is 11.9 Å². The van der Waals surface area contributed by atoms with Gasteiger partial charge < -0.3 is 14.5 Å². The number of benzene rings is 3. The molecule has 31 heavy (non-hydrogen) atoms. The van der Waals surface area contributed by atoms with Crippen molar-refractivity contribution in [1.82, 2.24) is 14.8 Å². The summed E-state index contributed by atoms with van der Waals surface area (Å²) >= 11 is 0. The lowest BCUT2D eigenvalue weighted by atomic mass is 10.2. The Kier molecular flexibility index (Phi) is 5.84. The summed E-state index contributed by atoms with van der Waals surface area (Å²) in [4.78, 5) is 3.80. The van der Waals surface area contributed by atoms with E-state index in [1.165, 1.54) is 12.1 Å². The Morgan fingerprint density at radius 2 is 1.42 bits per heavy atom. The van der Waals surface area contributed by atoms with Gasteiger partial charge in [0.25, 0.3) is 0 Å². The summed E-state index contributed by atoms with van der Waals surface area (Å²) in [6.45, 7) is 0.475. The fourth-order valence-electron chi connectivity index (χ4n) is 3.38. The molecule has 0 aliphatic rings. The average Bonchev–Trinajstić information content (AvgIpc) is 3.19. The van der Waals surface area contributed by atoms with Gasteiger partial charge in [-0.05, 0) is 42.0 Å². The van der Waals surface area contributed by atoms with Crippen molar-refractivity contribution >= 4 is 23.3 Å². The van der Waals surface area contributed by atoms with Gasteiger partial charge in [-0.3, -0.25) is 4.57 Å². The summed E-state index contributed by atoms with van der Waals surface area (Å²) < 4.78 is 21.2. The van der Waals surface area contributed by atoms with Crippen molar-refractivity contribution < 1.29 is 9.13 Å². The van der Waals surface area contributed by atoms with Crippen LogP contribution in [0.5, 0.6) is 5.75 Å². The van der Waals surface area contributed by atoms with E-state index in [9.17, 15) is 4.39 Å². The van der Waals surface area contributed by atoms with Crippen molar-refractivity contribution in [1.29, 1.82) is 0 Å². The normalized spacial score (nSPS) is 10.7. The highest BCUT2D eigenvalue weighted by Gasteiger charge is 2.20. The highest BCUT2D eigenvalue weighted by molar-refractivity contribution is 5.66. The number of para-hydroxylation sites is 2. The lowest BCUT2D eigenvalue weighted by Crippen LogP contribution is -2.18. The summed E-state index contributed by atoms with van der Waals surface area (Å²) in [7, 11) is 5.70. The van der Waals surface area contributed by atoms with Gasteiger partial charge in [-0.2, -0.15) is 0 Å². The molecule has 0 amide bonds. The molecule has 1 heterocycles. The molecule has 0 unspecified atom stereocenters. The van der Waals surface area contributed by atoms with Crippen LogP contribution in [0, 0.1) is 5.82 Å². The molecule has 0 aliphatic carbocycles. The van der Waals surface area contributed by atoms with E-state index in [1.54, 1.807) is 12.1 Å². The maximum atomic E-state index is 13.3. The van der Waals surface area contributed by atoms with Crippen LogP contribution in [0.25, 0.3) is 0 Å². The van der Waals surface area contributed by atoms with E-state index in [2.05, 4.69) is 10.2 Å². The van der Waals surface area contributed by atoms with Gasteiger partial charge in [-0.15, -0.1) is 10.2 Å². The van der Waals surface area contributed by atoms with E-state index in [1.807, 2.05) is 90.1 Å². The quantitative estimate of drug-likeness (QED) is 0.420. The van der Waals surface area contributed by atoms with Gasteiger partial charge in [0.05, 0.1) is 5.69 Å². The molecule has 0 aliphatic heterocycles. The second kappa shape index (κ2) is 8.87. The van der Waals surface area contributed by atoms with Gasteiger partial charge in [-0.1, -0.05) is 42.5 Å². The smallest absolute Gasteiger partial charge is 0.232 e. The Bertz CT molecular complexity index is 1140. The summed E-state index contributed by atoms with van der Waals surface area (Å²) in [5, 5.41) is 8.73. The molecule has 0 radical (unpaired) electrons. The molecule has 0 fully saturated rings. The molecule has 4 rings (SSSR count). The van der Waals surface area contributed by atoms with E-state index < -0.39 is 0 Å². The number of nitrogens with zero attached hydrogens (tertiary/aromatic N) is 5. The van der Waals surface area contributed by atoms with E-state index >= 15 is 0 Å². The summed E-state index contributed by atoms with van der Waals surface area (Å²) in [6, 6.07) is 24.1. The zero-order valence-corrected chi connectivity index (χ0v) is 17.7. The van der Waals surface area contributed by atoms with Crippen LogP contribution in [0.4, 0.5) is 27.7 Å². The van der Waals surface area contributed by atoms with E-state index in [0.29, 0.717) is 18.5 Å². The lowest BCUT2D eigenvalue weighted by Gasteiger charge is -2.22. The first kappa shape index (κ1) is 20.4. The van der Waals surface area contributed by atoms with Crippen molar-refractivity contribution in [3.8, 4) is 5.75 Å². The predicted octanol–water partition coefficient (Wildman–Crippen LogP) is 5.07. The fourth-order valence-corrected chi connectivity index (χ4v) is 3.38. The largest absolute Gasteiger partial charge is 0.487 e. The number of anilines is 4. The zero-order chi connectivity index (χ0) is 21.8. The maximum absolute atomic E-state index is 13.3. The molecule has 6 nitrogen and oxygen atoms in total. The van der Waals surface area contributed by atoms with Crippen LogP contribution in [-0.2, 0) is 13.7 Å². The van der Waals surface area contributed by atoms with Crippen LogP contribution in [0.15, 0.2) is 78.9 Å². The molecule has 4 aromatic rings. The first-order chi connectivity index (χ1) is 15.0. The van der Waals surface area contributed by atoms with Gasteiger partial charge in [-0.25, -0.2) is 4.39 Å². The Hall–Kier alpha value is -3.87. The summed E-state index contributed by atoms with van der Waals surface area (Å²) in [5.41, 5.74) is 2.80. The molecular formula is C24H24FN5O. The average molecular weight is 417 g/mol. The molecule has 158 valence electrons. The highest BCUT2D eigenvalue weighted by Crippen LogP contribution is 2.33. The fraction of sp³-hybridized carbons (Fsp3) is 0.167. The SMILES string of the molecule is CN(c1ccc(F)cc1)c1nnc(N(C)c2ccccc2OCc2ccccc2)n1C. The van der Waals surface area contributed by atoms with Crippen LogP contribution in [0.1, 0.15) is 5.56 Å². The first-order valence-corrected chi connectivity index (χ1v) is 9.93. The van der Waals surface area contributed by atoms with Crippen LogP contribution in [0.2, 0.25) is 0 Å². The molecule has 0 spiro atoms. The Morgan fingerprint density at radius 3 is 2.13 bits per heavy atom. The number of halogens is 1. The number of rotatable bonds is 7. The molecular weight excluding hydrogens is 393 g/mol. The van der Waals surface area contributed by atoms with E-state index in [-0.39, 0.29) is 5.82 Å². The number of aromatic nitrogens is 3. The predicted molar refractivity (Wildman–Crippen MR) is 121 cm³/mol. The number of hydrogen-bond acceptors (Lipinski definition) is 5. The molecule has 1 aromatic heterocycles. The first-order valence-electron chi connectivity index (χ1n) is 9.93. The van der Waals surface area contributed by atoms with Gasteiger partial charge in [0.1, 0.15) is 18.2 Å². The summed E-state index contributed by atoms with van der Waals surface area (Å²) in [6.07, 6.45) is 0. The monoisotopic (exact) mass is 417 g/mol. The van der Waals surface area contributed by atoms with Gasteiger partial charge >= 0.3 is 0 Å². The Balaban J connectivity index is 1.58. The van der Waals surface area contributed by atoms with Crippen molar-refractivity contribution in [2.75, 3.05) is 23.9 Å². The maximum Gasteiger partial charge on any atom is 0.232 e. The Labute approximate surface area is 181 Å². The second-order valence-electron chi connectivity index (χ2n) is 7.20. The second-order valence-corrected chi connectivity index (χ2v) is 7.20. The number of hydrogen-bond donors (Lipinski definition) is 0. The number of ether oxygens (including phenoxy) is 1. The van der Waals surface area contributed by atoms with Crippen molar-refractivity contribution in [3.63, 3.8) is 0 Å². The third-order valence-corrected chi connectivity index (χ3v) is 5.11. The van der Waals surface area contributed by atoms with Crippen LogP contribution >= 0.6 is 0 Å². The van der Waals surface area contributed by atoms with E-state index in [0.717, 1.165) is 22.7 Å². The topological polar surface area (TPSA) is 46.4 Å². The van der Waals surface area contributed by atoms with E-state index in [4.69, 9.17) is 4.74 Å². The van der Waals surface area contributed by atoms with Gasteiger partial charge in [0.15, 0.2) is 0 Å². The summed E-state index contributed by atoms with van der Waals surface area (Å²) in [5.74, 6) is 1.77. The molecule has 0 bridgehead atoms.